The number of aryl methyl sites for hydroxylation is 1. The highest BCUT2D eigenvalue weighted by Gasteiger charge is 2.25. The van der Waals surface area contributed by atoms with Gasteiger partial charge in [-0.3, -0.25) is 14.0 Å². The van der Waals surface area contributed by atoms with E-state index >= 15 is 0 Å². The molecule has 164 valence electrons. The molecule has 1 aliphatic carbocycles. The Morgan fingerprint density at radius 2 is 2.13 bits per heavy atom. The van der Waals surface area contributed by atoms with Crippen molar-refractivity contribution in [2.75, 3.05) is 6.54 Å². The van der Waals surface area contributed by atoms with Crippen LogP contribution in [-0.4, -0.2) is 40.2 Å². The molecule has 0 bridgehead atoms. The quantitative estimate of drug-likeness (QED) is 0.511. The number of hydrogen-bond acceptors (Lipinski definition) is 5. The van der Waals surface area contributed by atoms with E-state index in [0.29, 0.717) is 11.6 Å². The summed E-state index contributed by atoms with van der Waals surface area (Å²) in [6.07, 6.45) is 4.24. The summed E-state index contributed by atoms with van der Waals surface area (Å²) in [5.41, 5.74) is -0.0227. The summed E-state index contributed by atoms with van der Waals surface area (Å²) in [7, 11) is -2.53. The lowest BCUT2D eigenvalue weighted by atomic mass is 10.2. The second-order valence-corrected chi connectivity index (χ2v) is 8.74. The molecule has 0 radical (unpaired) electrons. The molecule has 1 saturated carbocycles. The Balaban J connectivity index is 1.64. The van der Waals surface area contributed by atoms with E-state index in [1.807, 2.05) is 10.8 Å². The summed E-state index contributed by atoms with van der Waals surface area (Å²) in [4.78, 5) is 16.4. The second kappa shape index (κ2) is 8.19. The first-order valence-corrected chi connectivity index (χ1v) is 11.0. The highest BCUT2D eigenvalue weighted by Crippen LogP contribution is 2.30. The van der Waals surface area contributed by atoms with Crippen molar-refractivity contribution in [2.24, 2.45) is 13.0 Å². The normalized spacial score (nSPS) is 14.7. The summed E-state index contributed by atoms with van der Waals surface area (Å²) in [5, 5.41) is 4.68. The number of fused-ring (bicyclic) bond motifs is 1. The minimum absolute atomic E-state index is 0.0147. The van der Waals surface area contributed by atoms with Crippen molar-refractivity contribution in [3.8, 4) is 5.82 Å². The number of carbonyl (C=O) groups is 1. The number of amides is 1. The van der Waals surface area contributed by atoms with Crippen molar-refractivity contribution in [1.29, 1.82) is 0 Å². The van der Waals surface area contributed by atoms with Gasteiger partial charge in [0, 0.05) is 43.0 Å². The fourth-order valence-corrected chi connectivity index (χ4v) is 4.07. The third-order valence-electron chi connectivity index (χ3n) is 4.86. The van der Waals surface area contributed by atoms with Gasteiger partial charge in [0.05, 0.1) is 0 Å². The van der Waals surface area contributed by atoms with Gasteiger partial charge in [-0.05, 0) is 43.0 Å². The van der Waals surface area contributed by atoms with E-state index in [2.05, 4.69) is 14.8 Å². The number of rotatable bonds is 8. The largest absolute Gasteiger partial charge is 0.301 e. The smallest absolute Gasteiger partial charge is 0.285 e. The van der Waals surface area contributed by atoms with Crippen molar-refractivity contribution < 1.29 is 22.0 Å². The van der Waals surface area contributed by atoms with Crippen LogP contribution < -0.4 is 9.44 Å². The summed E-state index contributed by atoms with van der Waals surface area (Å²) < 4.78 is 58.1. The number of carbonyl (C=O) groups excluding carboxylic acids is 1. The Hall–Kier alpha value is -3.12. The van der Waals surface area contributed by atoms with Gasteiger partial charge < -0.3 is 0 Å². The standard InChI is InChI=1S/C19H20F2N6O3S/c1-26-19(27-10-8-13-3-2-9-22-18(13)27)14(16(24-26)17(20)21)6-7-15(28)25-31(29,30)23-11-12-4-5-12/h2-3,6-10,12,17,23H,4-5,11H2,1H3,(H,25,28). The van der Waals surface area contributed by atoms with Crippen molar-refractivity contribution in [1.82, 2.24) is 28.8 Å². The molecular weight excluding hydrogens is 430 g/mol. The Morgan fingerprint density at radius 1 is 1.35 bits per heavy atom. The number of nitrogens with one attached hydrogen (secondary N) is 2. The van der Waals surface area contributed by atoms with Gasteiger partial charge in [-0.25, -0.2) is 18.5 Å². The molecule has 3 heterocycles. The molecule has 0 unspecified atom stereocenters. The van der Waals surface area contributed by atoms with Gasteiger partial charge in [0.15, 0.2) is 0 Å². The van der Waals surface area contributed by atoms with E-state index < -0.39 is 28.2 Å². The van der Waals surface area contributed by atoms with Crippen LogP contribution in [0, 0.1) is 5.92 Å². The fourth-order valence-electron chi connectivity index (χ4n) is 3.21. The number of hydrogen-bond donors (Lipinski definition) is 2. The van der Waals surface area contributed by atoms with Crippen molar-refractivity contribution in [2.45, 2.75) is 19.3 Å². The molecular formula is C19H20F2N6O3S. The maximum atomic E-state index is 13.6. The fraction of sp³-hybridized carbons (Fsp3) is 0.316. The molecule has 3 aromatic heterocycles. The third kappa shape index (κ3) is 4.64. The number of alkyl halides is 2. The van der Waals surface area contributed by atoms with Crippen LogP contribution in [-0.2, 0) is 22.1 Å². The van der Waals surface area contributed by atoms with Crippen LogP contribution in [0.25, 0.3) is 22.9 Å². The number of halogens is 2. The lowest BCUT2D eigenvalue weighted by molar-refractivity contribution is -0.114. The SMILES string of the molecule is Cn1nc(C(F)F)c(C=CC(=O)NS(=O)(=O)NCC2CC2)c1-n1ccc2cccnc21. The monoisotopic (exact) mass is 450 g/mol. The topological polar surface area (TPSA) is 111 Å². The average Bonchev–Trinajstić information content (AvgIpc) is 3.37. The van der Waals surface area contributed by atoms with Crippen LogP contribution >= 0.6 is 0 Å². The number of pyridine rings is 1. The highest BCUT2D eigenvalue weighted by atomic mass is 32.2. The zero-order valence-electron chi connectivity index (χ0n) is 16.5. The average molecular weight is 450 g/mol. The Kier molecular flexibility index (Phi) is 5.58. The molecule has 31 heavy (non-hydrogen) atoms. The lowest BCUT2D eigenvalue weighted by Crippen LogP contribution is -2.40. The summed E-state index contributed by atoms with van der Waals surface area (Å²) in [6.45, 7) is 0.252. The van der Waals surface area contributed by atoms with Crippen LogP contribution in [0.1, 0.15) is 30.5 Å². The molecule has 9 nitrogen and oxygen atoms in total. The summed E-state index contributed by atoms with van der Waals surface area (Å²) >= 11 is 0. The Labute approximate surface area is 176 Å². The Bertz CT molecular complexity index is 1260. The maximum absolute atomic E-state index is 13.6. The van der Waals surface area contributed by atoms with E-state index in [4.69, 9.17) is 0 Å². The molecule has 1 aliphatic rings. The zero-order valence-corrected chi connectivity index (χ0v) is 17.3. The van der Waals surface area contributed by atoms with Gasteiger partial charge in [-0.15, -0.1) is 0 Å². The highest BCUT2D eigenvalue weighted by molar-refractivity contribution is 7.88. The van der Waals surface area contributed by atoms with Crippen LogP contribution in [0.5, 0.6) is 0 Å². The van der Waals surface area contributed by atoms with Crippen molar-refractivity contribution in [3.05, 3.63) is 47.9 Å². The lowest BCUT2D eigenvalue weighted by Gasteiger charge is -2.08. The number of nitrogens with zero attached hydrogens (tertiary/aromatic N) is 4. The predicted octanol–water partition coefficient (Wildman–Crippen LogP) is 2.07. The third-order valence-corrected chi connectivity index (χ3v) is 5.88. The van der Waals surface area contributed by atoms with Crippen LogP contribution in [0.3, 0.4) is 0 Å². The zero-order chi connectivity index (χ0) is 22.2. The van der Waals surface area contributed by atoms with Crippen LogP contribution in [0.4, 0.5) is 8.78 Å². The molecule has 3 aromatic rings. The molecule has 0 aromatic carbocycles. The van der Waals surface area contributed by atoms with E-state index in [0.717, 1.165) is 30.4 Å². The first-order valence-electron chi connectivity index (χ1n) is 9.52. The Morgan fingerprint density at radius 3 is 2.84 bits per heavy atom. The molecule has 1 amide bonds. The minimum Gasteiger partial charge on any atom is -0.285 e. The molecule has 1 fully saturated rings. The molecule has 0 atom stereocenters. The van der Waals surface area contributed by atoms with E-state index in [-0.39, 0.29) is 17.9 Å². The van der Waals surface area contributed by atoms with Gasteiger partial charge in [-0.2, -0.15) is 18.2 Å². The molecule has 4 rings (SSSR count). The second-order valence-electron chi connectivity index (χ2n) is 7.24. The molecule has 0 aliphatic heterocycles. The predicted molar refractivity (Wildman–Crippen MR) is 110 cm³/mol. The van der Waals surface area contributed by atoms with Gasteiger partial charge in [0.1, 0.15) is 17.2 Å². The van der Waals surface area contributed by atoms with Crippen LogP contribution in [0.15, 0.2) is 36.7 Å². The first-order chi connectivity index (χ1) is 14.7. The van der Waals surface area contributed by atoms with Gasteiger partial charge >= 0.3 is 10.2 Å². The molecule has 12 heteroatoms. The van der Waals surface area contributed by atoms with Crippen molar-refractivity contribution in [3.63, 3.8) is 0 Å². The summed E-state index contributed by atoms with van der Waals surface area (Å²) in [6, 6.07) is 5.35. The minimum atomic E-state index is -4.03. The van der Waals surface area contributed by atoms with Gasteiger partial charge in [0.25, 0.3) is 12.3 Å². The summed E-state index contributed by atoms with van der Waals surface area (Å²) in [5.74, 6) is -0.407. The van der Waals surface area contributed by atoms with E-state index in [1.165, 1.54) is 11.7 Å². The van der Waals surface area contributed by atoms with Crippen molar-refractivity contribution >= 4 is 33.2 Å². The van der Waals surface area contributed by atoms with E-state index in [9.17, 15) is 22.0 Å². The first kappa shape index (κ1) is 21.1. The maximum Gasteiger partial charge on any atom is 0.301 e. The molecule has 2 N–H and O–H groups in total. The molecule has 0 saturated heterocycles. The molecule has 0 spiro atoms. The van der Waals surface area contributed by atoms with Gasteiger partial charge in [-0.1, -0.05) is 0 Å². The number of aromatic nitrogens is 4. The van der Waals surface area contributed by atoms with Gasteiger partial charge in [0.2, 0.25) is 0 Å². The van der Waals surface area contributed by atoms with E-state index in [1.54, 1.807) is 29.1 Å². The van der Waals surface area contributed by atoms with Crippen LogP contribution in [0.2, 0.25) is 0 Å².